The van der Waals surface area contributed by atoms with Gasteiger partial charge in [-0.25, -0.2) is 9.59 Å². The van der Waals surface area contributed by atoms with Crippen LogP contribution in [0.4, 0.5) is 11.4 Å². The third-order valence-corrected chi connectivity index (χ3v) is 5.63. The van der Waals surface area contributed by atoms with Gasteiger partial charge in [-0.2, -0.15) is 10.2 Å². The normalized spacial score (nSPS) is 10.5. The van der Waals surface area contributed by atoms with Gasteiger partial charge in [-0.15, -0.1) is 0 Å². The minimum absolute atomic E-state index is 0.112. The van der Waals surface area contributed by atoms with Gasteiger partial charge in [-0.1, -0.05) is 44.4 Å². The van der Waals surface area contributed by atoms with Gasteiger partial charge >= 0.3 is 11.9 Å². The maximum Gasteiger partial charge on any atom is 0.335 e. The Morgan fingerprint density at radius 1 is 0.641 bits per heavy atom. The molecular formula is C31H38N2O6. The number of benzene rings is 3. The van der Waals surface area contributed by atoms with Gasteiger partial charge in [-0.05, 0) is 87.2 Å². The molecule has 0 amide bonds. The van der Waals surface area contributed by atoms with Crippen LogP contribution in [0.2, 0.25) is 0 Å². The minimum atomic E-state index is -1.20. The van der Waals surface area contributed by atoms with Gasteiger partial charge in [0, 0.05) is 0 Å². The molecule has 8 heteroatoms. The molecule has 3 aromatic carbocycles. The number of hydrogen-bond donors (Lipinski definition) is 2. The summed E-state index contributed by atoms with van der Waals surface area (Å²) in [6.07, 6.45) is 6.14. The molecule has 0 aliphatic heterocycles. The van der Waals surface area contributed by atoms with E-state index in [2.05, 4.69) is 24.1 Å². The highest BCUT2D eigenvalue weighted by molar-refractivity contribution is 5.94. The van der Waals surface area contributed by atoms with E-state index in [-0.39, 0.29) is 16.9 Å². The average molecular weight is 535 g/mol. The molecule has 0 aliphatic carbocycles. The smallest absolute Gasteiger partial charge is 0.335 e. The SMILES string of the molecule is CCCC.Cc1ccc(N=Nc2ccc(OCCCCCCOc3cc(C(=O)O)cc(C(=O)O)c3)cc2)cc1. The Bertz CT molecular complexity index is 1160. The van der Waals surface area contributed by atoms with E-state index in [0.29, 0.717) is 13.2 Å². The number of carboxylic acids is 2. The zero-order chi connectivity index (χ0) is 28.5. The van der Waals surface area contributed by atoms with E-state index < -0.39 is 11.9 Å². The quantitative estimate of drug-likeness (QED) is 0.158. The molecule has 0 radical (unpaired) electrons. The number of nitrogens with zero attached hydrogens (tertiary/aromatic N) is 2. The van der Waals surface area contributed by atoms with E-state index in [1.54, 1.807) is 0 Å². The lowest BCUT2D eigenvalue weighted by atomic mass is 10.1. The van der Waals surface area contributed by atoms with Crippen molar-refractivity contribution in [3.05, 3.63) is 83.4 Å². The number of azo groups is 1. The van der Waals surface area contributed by atoms with Gasteiger partial charge in [0.25, 0.3) is 0 Å². The number of carboxylic acid groups (broad SMARTS) is 2. The van der Waals surface area contributed by atoms with Crippen LogP contribution >= 0.6 is 0 Å². The first-order valence-corrected chi connectivity index (χ1v) is 13.3. The zero-order valence-corrected chi connectivity index (χ0v) is 22.9. The Kier molecular flexibility index (Phi) is 13.8. The van der Waals surface area contributed by atoms with Crippen LogP contribution in [-0.2, 0) is 0 Å². The third-order valence-electron chi connectivity index (χ3n) is 5.63. The van der Waals surface area contributed by atoms with Crippen molar-refractivity contribution in [2.24, 2.45) is 10.2 Å². The number of carbonyl (C=O) groups is 2. The molecule has 208 valence electrons. The summed E-state index contributed by atoms with van der Waals surface area (Å²) in [4.78, 5) is 22.3. The molecule has 8 nitrogen and oxygen atoms in total. The molecule has 2 N–H and O–H groups in total. The van der Waals surface area contributed by atoms with Crippen LogP contribution in [0.25, 0.3) is 0 Å². The highest BCUT2D eigenvalue weighted by atomic mass is 16.5. The zero-order valence-electron chi connectivity index (χ0n) is 22.9. The summed E-state index contributed by atoms with van der Waals surface area (Å²) < 4.78 is 11.3. The lowest BCUT2D eigenvalue weighted by molar-refractivity contribution is 0.0696. The predicted molar refractivity (Wildman–Crippen MR) is 152 cm³/mol. The Labute approximate surface area is 230 Å². The maximum absolute atomic E-state index is 11.1. The van der Waals surface area contributed by atoms with Crippen LogP contribution in [0.3, 0.4) is 0 Å². The Morgan fingerprint density at radius 3 is 1.51 bits per heavy atom. The van der Waals surface area contributed by atoms with Crippen LogP contribution in [0.5, 0.6) is 11.5 Å². The topological polar surface area (TPSA) is 118 Å². The Hall–Kier alpha value is -4.20. The Morgan fingerprint density at radius 2 is 1.08 bits per heavy atom. The van der Waals surface area contributed by atoms with Gasteiger partial charge in [0.1, 0.15) is 11.5 Å². The molecule has 0 saturated heterocycles. The third kappa shape index (κ3) is 12.3. The maximum atomic E-state index is 11.1. The molecule has 3 rings (SSSR count). The summed E-state index contributed by atoms with van der Waals surface area (Å²) in [6.45, 7) is 7.36. The van der Waals surface area contributed by atoms with E-state index in [0.717, 1.165) is 48.9 Å². The summed E-state index contributed by atoms with van der Waals surface area (Å²) in [5.41, 5.74) is 2.51. The molecule has 3 aromatic rings. The van der Waals surface area contributed by atoms with E-state index >= 15 is 0 Å². The molecular weight excluding hydrogens is 496 g/mol. The molecule has 0 fully saturated rings. The van der Waals surface area contributed by atoms with Crippen molar-refractivity contribution in [2.75, 3.05) is 13.2 Å². The van der Waals surface area contributed by atoms with Crippen molar-refractivity contribution in [1.29, 1.82) is 0 Å². The highest BCUT2D eigenvalue weighted by Crippen LogP contribution is 2.22. The number of unbranched alkanes of at least 4 members (excludes halogenated alkanes) is 4. The van der Waals surface area contributed by atoms with E-state index in [4.69, 9.17) is 19.7 Å². The molecule has 0 unspecified atom stereocenters. The van der Waals surface area contributed by atoms with Crippen molar-refractivity contribution in [3.8, 4) is 11.5 Å². The number of rotatable bonds is 14. The lowest BCUT2D eigenvalue weighted by Gasteiger charge is -2.09. The minimum Gasteiger partial charge on any atom is -0.494 e. The van der Waals surface area contributed by atoms with E-state index in [9.17, 15) is 9.59 Å². The summed E-state index contributed by atoms with van der Waals surface area (Å²) in [5, 5.41) is 26.7. The monoisotopic (exact) mass is 534 g/mol. The molecule has 39 heavy (non-hydrogen) atoms. The number of ether oxygens (including phenoxy) is 2. The van der Waals surface area contributed by atoms with Crippen molar-refractivity contribution in [1.82, 2.24) is 0 Å². The van der Waals surface area contributed by atoms with Crippen LogP contribution in [0.15, 0.2) is 77.0 Å². The Balaban J connectivity index is 0.00000124. The fourth-order valence-corrected chi connectivity index (χ4v) is 3.20. The predicted octanol–water partition coefficient (Wildman–Crippen LogP) is 8.63. The van der Waals surface area contributed by atoms with Crippen molar-refractivity contribution in [2.45, 2.75) is 59.3 Å². The summed E-state index contributed by atoms with van der Waals surface area (Å²) in [6, 6.07) is 19.1. The van der Waals surface area contributed by atoms with Crippen LogP contribution in [-0.4, -0.2) is 35.4 Å². The van der Waals surface area contributed by atoms with Gasteiger partial charge in [0.05, 0.1) is 35.7 Å². The lowest BCUT2D eigenvalue weighted by Crippen LogP contribution is -2.05. The van der Waals surface area contributed by atoms with Gasteiger partial charge < -0.3 is 19.7 Å². The standard InChI is InChI=1S/C27H28N2O6.C4H10/c1-19-6-8-22(9-7-19)28-29-23-10-12-24(13-11-23)34-14-4-2-3-5-15-35-25-17-20(26(30)31)16-21(18-25)27(32)33;1-3-4-2/h6-13,16-18H,2-5,14-15H2,1H3,(H,30,31)(H,32,33);3-4H2,1-2H3. The van der Waals surface area contributed by atoms with Crippen LogP contribution < -0.4 is 9.47 Å². The molecule has 0 saturated carbocycles. The van der Waals surface area contributed by atoms with Crippen LogP contribution in [0.1, 0.15) is 78.7 Å². The van der Waals surface area contributed by atoms with Gasteiger partial charge in [-0.3, -0.25) is 0 Å². The molecule has 0 spiro atoms. The first kappa shape index (κ1) is 31.0. The van der Waals surface area contributed by atoms with Crippen molar-refractivity contribution < 1.29 is 29.3 Å². The van der Waals surface area contributed by atoms with Gasteiger partial charge in [0.15, 0.2) is 0 Å². The molecule has 0 heterocycles. The second-order valence-electron chi connectivity index (χ2n) is 9.00. The van der Waals surface area contributed by atoms with E-state index in [1.165, 1.54) is 30.5 Å². The van der Waals surface area contributed by atoms with Gasteiger partial charge in [0.2, 0.25) is 0 Å². The second-order valence-corrected chi connectivity index (χ2v) is 9.00. The second kappa shape index (κ2) is 17.3. The van der Waals surface area contributed by atoms with Crippen molar-refractivity contribution >= 4 is 23.3 Å². The fourth-order valence-electron chi connectivity index (χ4n) is 3.20. The molecule has 0 atom stereocenters. The number of aryl methyl sites for hydroxylation is 1. The first-order valence-electron chi connectivity index (χ1n) is 13.3. The van der Waals surface area contributed by atoms with E-state index in [1.807, 2.05) is 55.5 Å². The number of aromatic carboxylic acids is 2. The molecule has 0 bridgehead atoms. The average Bonchev–Trinajstić information content (AvgIpc) is 2.94. The molecule has 0 aromatic heterocycles. The largest absolute Gasteiger partial charge is 0.494 e. The highest BCUT2D eigenvalue weighted by Gasteiger charge is 2.12. The van der Waals surface area contributed by atoms with Crippen molar-refractivity contribution in [3.63, 3.8) is 0 Å². The summed E-state index contributed by atoms with van der Waals surface area (Å²) in [7, 11) is 0. The number of hydrogen-bond acceptors (Lipinski definition) is 6. The summed E-state index contributed by atoms with van der Waals surface area (Å²) in [5.74, 6) is -1.37. The fraction of sp³-hybridized carbons (Fsp3) is 0.355. The molecule has 0 aliphatic rings. The first-order chi connectivity index (χ1) is 18.8. The van der Waals surface area contributed by atoms with Crippen LogP contribution in [0, 0.1) is 6.92 Å². The summed E-state index contributed by atoms with van der Waals surface area (Å²) >= 11 is 0.